The highest BCUT2D eigenvalue weighted by molar-refractivity contribution is 5.27. The fourth-order valence-corrected chi connectivity index (χ4v) is 3.87. The van der Waals surface area contributed by atoms with Crippen molar-refractivity contribution in [3.05, 3.63) is 65.2 Å². The van der Waals surface area contributed by atoms with E-state index >= 15 is 0 Å². The van der Waals surface area contributed by atoms with Gasteiger partial charge in [0.2, 0.25) is 0 Å². The Hall–Kier alpha value is -1.84. The van der Waals surface area contributed by atoms with Gasteiger partial charge in [0.1, 0.15) is 11.9 Å². The normalized spacial score (nSPS) is 21.3. The molecule has 3 rings (SSSR count). The molecule has 0 saturated heterocycles. The molecule has 2 aromatic carbocycles. The second-order valence-corrected chi connectivity index (χ2v) is 7.27. The van der Waals surface area contributed by atoms with Gasteiger partial charge in [-0.25, -0.2) is 4.89 Å². The molecule has 26 heavy (non-hydrogen) atoms. The summed E-state index contributed by atoms with van der Waals surface area (Å²) < 4.78 is 6.15. The van der Waals surface area contributed by atoms with Crippen LogP contribution in [0.2, 0.25) is 0 Å². The van der Waals surface area contributed by atoms with E-state index < -0.39 is 0 Å². The smallest absolute Gasteiger partial charge is 0.120 e. The van der Waals surface area contributed by atoms with Gasteiger partial charge in [-0.15, -0.1) is 0 Å². The molecule has 0 heterocycles. The van der Waals surface area contributed by atoms with Crippen LogP contribution in [0.5, 0.6) is 5.75 Å². The van der Waals surface area contributed by atoms with Crippen molar-refractivity contribution in [1.29, 1.82) is 0 Å². The predicted molar refractivity (Wildman–Crippen MR) is 104 cm³/mol. The average Bonchev–Trinajstić information content (AvgIpc) is 2.71. The van der Waals surface area contributed by atoms with Crippen molar-refractivity contribution >= 4 is 0 Å². The SMILES string of the molecule is CCc1ccc(OC2CCC(C(OO)c3ccc(CC)cc3)CC2)cc1. The van der Waals surface area contributed by atoms with Gasteiger partial charge in [-0.3, -0.25) is 5.26 Å². The van der Waals surface area contributed by atoms with Crippen molar-refractivity contribution in [3.63, 3.8) is 0 Å². The molecule has 0 aliphatic heterocycles. The van der Waals surface area contributed by atoms with Crippen LogP contribution < -0.4 is 4.74 Å². The van der Waals surface area contributed by atoms with Gasteiger partial charge < -0.3 is 4.74 Å². The Balaban J connectivity index is 1.55. The van der Waals surface area contributed by atoms with E-state index in [1.54, 1.807) is 0 Å². The fraction of sp³-hybridized carbons (Fsp3) is 0.478. The highest BCUT2D eigenvalue weighted by Crippen LogP contribution is 2.37. The van der Waals surface area contributed by atoms with Crippen molar-refractivity contribution in [3.8, 4) is 5.75 Å². The molecule has 1 unspecified atom stereocenters. The van der Waals surface area contributed by atoms with E-state index in [0.29, 0.717) is 5.92 Å². The summed E-state index contributed by atoms with van der Waals surface area (Å²) in [5.41, 5.74) is 3.69. The monoisotopic (exact) mass is 354 g/mol. The molecule has 2 aromatic rings. The van der Waals surface area contributed by atoms with Gasteiger partial charge >= 0.3 is 0 Å². The maximum Gasteiger partial charge on any atom is 0.120 e. The molecule has 140 valence electrons. The molecule has 0 aromatic heterocycles. The van der Waals surface area contributed by atoms with E-state index in [-0.39, 0.29) is 12.2 Å². The maximum atomic E-state index is 9.48. The Morgan fingerprint density at radius 1 is 0.846 bits per heavy atom. The van der Waals surface area contributed by atoms with E-state index in [4.69, 9.17) is 9.62 Å². The van der Waals surface area contributed by atoms with Crippen molar-refractivity contribution in [1.82, 2.24) is 0 Å². The zero-order valence-electron chi connectivity index (χ0n) is 15.9. The van der Waals surface area contributed by atoms with Gasteiger partial charge in [0.05, 0.1) is 6.10 Å². The Kier molecular flexibility index (Phi) is 6.70. The first kappa shape index (κ1) is 18.9. The summed E-state index contributed by atoms with van der Waals surface area (Å²) >= 11 is 0. The molecule has 0 radical (unpaired) electrons. The summed E-state index contributed by atoms with van der Waals surface area (Å²) in [6.07, 6.45) is 6.06. The third kappa shape index (κ3) is 4.66. The molecule has 0 bridgehead atoms. The Bertz CT molecular complexity index is 655. The topological polar surface area (TPSA) is 38.7 Å². The molecule has 1 fully saturated rings. The van der Waals surface area contributed by atoms with Crippen molar-refractivity contribution in [2.45, 2.75) is 64.6 Å². The highest BCUT2D eigenvalue weighted by Gasteiger charge is 2.30. The number of hydrogen-bond donors (Lipinski definition) is 1. The van der Waals surface area contributed by atoms with E-state index in [2.05, 4.69) is 62.4 Å². The fourth-order valence-electron chi connectivity index (χ4n) is 3.87. The first-order valence-corrected chi connectivity index (χ1v) is 9.88. The van der Waals surface area contributed by atoms with E-state index in [0.717, 1.165) is 49.8 Å². The molecule has 0 amide bonds. The van der Waals surface area contributed by atoms with Crippen LogP contribution in [0.1, 0.15) is 62.3 Å². The average molecular weight is 354 g/mol. The van der Waals surface area contributed by atoms with Gasteiger partial charge in [-0.2, -0.15) is 0 Å². The summed E-state index contributed by atoms with van der Waals surface area (Å²) in [5.74, 6) is 1.28. The standard InChI is InChI=1S/C23H30O3/c1-3-17-5-9-19(10-6-17)23(26-24)20-11-15-22(16-12-20)25-21-13-7-18(4-2)8-14-21/h5-10,13-14,20,22-24H,3-4,11-12,15-16H2,1-2H3. The zero-order chi connectivity index (χ0) is 18.4. The number of rotatable bonds is 7. The lowest BCUT2D eigenvalue weighted by Gasteiger charge is -2.32. The number of hydrogen-bond acceptors (Lipinski definition) is 3. The summed E-state index contributed by atoms with van der Waals surface area (Å²) in [4.78, 5) is 4.89. The quantitative estimate of drug-likeness (QED) is 0.491. The first-order valence-electron chi connectivity index (χ1n) is 9.88. The van der Waals surface area contributed by atoms with Crippen molar-refractivity contribution in [2.24, 2.45) is 5.92 Å². The van der Waals surface area contributed by atoms with Crippen LogP contribution >= 0.6 is 0 Å². The first-order chi connectivity index (χ1) is 12.7. The van der Waals surface area contributed by atoms with E-state index in [1.807, 2.05) is 0 Å². The van der Waals surface area contributed by atoms with Gasteiger partial charge in [0.25, 0.3) is 0 Å². The molecule has 0 spiro atoms. The minimum absolute atomic E-state index is 0.245. The third-order valence-electron chi connectivity index (χ3n) is 5.61. The number of aryl methyl sites for hydroxylation is 2. The summed E-state index contributed by atoms with van der Waals surface area (Å²) in [6.45, 7) is 4.30. The third-order valence-corrected chi connectivity index (χ3v) is 5.61. The molecular formula is C23H30O3. The van der Waals surface area contributed by atoms with Crippen LogP contribution in [0.25, 0.3) is 0 Å². The minimum atomic E-state index is -0.245. The number of benzene rings is 2. The Morgan fingerprint density at radius 3 is 1.88 bits per heavy atom. The Morgan fingerprint density at radius 2 is 1.38 bits per heavy atom. The second-order valence-electron chi connectivity index (χ2n) is 7.27. The summed E-state index contributed by atoms with van der Waals surface area (Å²) in [7, 11) is 0. The van der Waals surface area contributed by atoms with Crippen LogP contribution in [0.3, 0.4) is 0 Å². The molecule has 1 atom stereocenters. The summed E-state index contributed by atoms with van der Waals surface area (Å²) in [6, 6.07) is 16.8. The molecule has 1 saturated carbocycles. The van der Waals surface area contributed by atoms with Gasteiger partial charge in [0, 0.05) is 0 Å². The predicted octanol–water partition coefficient (Wildman–Crippen LogP) is 5.98. The lowest BCUT2D eigenvalue weighted by molar-refractivity contribution is -0.296. The molecular weight excluding hydrogens is 324 g/mol. The maximum absolute atomic E-state index is 9.48. The van der Waals surface area contributed by atoms with E-state index in [9.17, 15) is 5.26 Å². The molecule has 1 aliphatic carbocycles. The Labute approximate surface area is 156 Å². The van der Waals surface area contributed by atoms with E-state index in [1.165, 1.54) is 11.1 Å². The molecule has 1 aliphatic rings. The lowest BCUT2D eigenvalue weighted by atomic mass is 9.81. The number of ether oxygens (including phenoxy) is 1. The summed E-state index contributed by atoms with van der Waals surface area (Å²) in [5, 5.41) is 9.48. The second kappa shape index (κ2) is 9.20. The van der Waals surface area contributed by atoms with Crippen LogP contribution in [-0.2, 0) is 17.7 Å². The minimum Gasteiger partial charge on any atom is -0.490 e. The molecule has 3 heteroatoms. The molecule has 3 nitrogen and oxygen atoms in total. The van der Waals surface area contributed by atoms with Gasteiger partial charge in [-0.1, -0.05) is 50.2 Å². The zero-order valence-corrected chi connectivity index (χ0v) is 15.9. The lowest BCUT2D eigenvalue weighted by Crippen LogP contribution is -2.27. The van der Waals surface area contributed by atoms with Crippen LogP contribution in [-0.4, -0.2) is 11.4 Å². The molecule has 1 N–H and O–H groups in total. The van der Waals surface area contributed by atoms with Crippen LogP contribution in [0, 0.1) is 5.92 Å². The van der Waals surface area contributed by atoms with Gasteiger partial charge in [0.15, 0.2) is 0 Å². The van der Waals surface area contributed by atoms with Crippen molar-refractivity contribution < 1.29 is 14.9 Å². The van der Waals surface area contributed by atoms with Crippen LogP contribution in [0.15, 0.2) is 48.5 Å². The van der Waals surface area contributed by atoms with Gasteiger partial charge in [-0.05, 0) is 73.3 Å². The van der Waals surface area contributed by atoms with Crippen molar-refractivity contribution in [2.75, 3.05) is 0 Å². The highest BCUT2D eigenvalue weighted by atomic mass is 17.1. The van der Waals surface area contributed by atoms with Crippen LogP contribution in [0.4, 0.5) is 0 Å². The largest absolute Gasteiger partial charge is 0.490 e.